The first-order valence-corrected chi connectivity index (χ1v) is 10.9. The molecule has 1 saturated heterocycles. The number of ether oxygens (including phenoxy) is 2. The highest BCUT2D eigenvalue weighted by atomic mass is 79.9. The van der Waals surface area contributed by atoms with Gasteiger partial charge in [0.25, 0.3) is 11.8 Å². The van der Waals surface area contributed by atoms with Gasteiger partial charge in [-0.15, -0.1) is 0 Å². The number of likely N-dealkylation sites (tertiary alicyclic amines) is 1. The summed E-state index contributed by atoms with van der Waals surface area (Å²) < 4.78 is 17.2. The first-order chi connectivity index (χ1) is 14.4. The highest BCUT2D eigenvalue weighted by Crippen LogP contribution is 2.37. The van der Waals surface area contributed by atoms with Crippen LogP contribution in [0.25, 0.3) is 0 Å². The third-order valence-corrected chi connectivity index (χ3v) is 5.60. The van der Waals surface area contributed by atoms with Crippen LogP contribution in [0.3, 0.4) is 0 Å². The summed E-state index contributed by atoms with van der Waals surface area (Å²) in [5.41, 5.74) is 0.538. The van der Waals surface area contributed by atoms with Gasteiger partial charge in [-0.05, 0) is 66.4 Å². The van der Waals surface area contributed by atoms with Crippen molar-refractivity contribution in [2.24, 2.45) is 0 Å². The smallest absolute Gasteiger partial charge is 0.287 e. The van der Waals surface area contributed by atoms with Gasteiger partial charge in [0.2, 0.25) is 0 Å². The fourth-order valence-corrected chi connectivity index (χ4v) is 3.97. The number of halogens is 1. The number of nitrogens with zero attached hydrogens (tertiary/aromatic N) is 1. The lowest BCUT2D eigenvalue weighted by Gasteiger charge is -2.32. The van der Waals surface area contributed by atoms with E-state index in [0.29, 0.717) is 65.6 Å². The van der Waals surface area contributed by atoms with Crippen LogP contribution >= 0.6 is 15.9 Å². The lowest BCUT2D eigenvalue weighted by Crippen LogP contribution is -2.46. The standard InChI is InChI=1S/C22H27BrN2O5/c1-4-11-29-20-17(23)12-15(13-19(20)28-3)22(27)25-9-7-16(8-10-25)24-21(26)18-6-5-14(2)30-18/h5-6,12-13,16H,4,7-11H2,1-3H3,(H,24,26). The molecule has 1 aliphatic rings. The normalized spacial score (nSPS) is 14.5. The maximum atomic E-state index is 13.0. The number of aryl methyl sites for hydroxylation is 1. The van der Waals surface area contributed by atoms with E-state index in [-0.39, 0.29) is 17.9 Å². The molecule has 0 atom stereocenters. The first-order valence-electron chi connectivity index (χ1n) is 10.1. The summed E-state index contributed by atoms with van der Waals surface area (Å²) in [5.74, 6) is 1.86. The molecule has 2 aromatic rings. The molecule has 7 nitrogen and oxygen atoms in total. The van der Waals surface area contributed by atoms with E-state index in [0.717, 1.165) is 6.42 Å². The van der Waals surface area contributed by atoms with Crippen molar-refractivity contribution < 1.29 is 23.5 Å². The summed E-state index contributed by atoms with van der Waals surface area (Å²) in [5, 5.41) is 2.99. The Labute approximate surface area is 184 Å². The van der Waals surface area contributed by atoms with E-state index in [1.807, 2.05) is 6.92 Å². The van der Waals surface area contributed by atoms with Crippen molar-refractivity contribution >= 4 is 27.7 Å². The second kappa shape index (κ2) is 10.0. The van der Waals surface area contributed by atoms with Crippen LogP contribution in [0.4, 0.5) is 0 Å². The van der Waals surface area contributed by atoms with Crippen LogP contribution in [-0.4, -0.2) is 49.6 Å². The number of nitrogens with one attached hydrogen (secondary N) is 1. The summed E-state index contributed by atoms with van der Waals surface area (Å²) in [7, 11) is 1.56. The maximum absolute atomic E-state index is 13.0. The van der Waals surface area contributed by atoms with Gasteiger partial charge in [0.15, 0.2) is 17.3 Å². The minimum Gasteiger partial charge on any atom is -0.493 e. The average Bonchev–Trinajstić information content (AvgIpc) is 3.19. The van der Waals surface area contributed by atoms with Gasteiger partial charge in [0, 0.05) is 24.7 Å². The predicted octanol–water partition coefficient (Wildman–Crippen LogP) is 4.18. The molecule has 3 rings (SSSR count). The molecule has 0 spiro atoms. The molecule has 0 saturated carbocycles. The number of rotatable bonds is 7. The third-order valence-electron chi connectivity index (χ3n) is 5.01. The van der Waals surface area contributed by atoms with Gasteiger partial charge in [-0.1, -0.05) is 6.92 Å². The van der Waals surface area contributed by atoms with Gasteiger partial charge >= 0.3 is 0 Å². The molecule has 1 aliphatic heterocycles. The topological polar surface area (TPSA) is 81.0 Å². The molecule has 2 amide bonds. The molecule has 2 heterocycles. The molecule has 1 aromatic heterocycles. The summed E-state index contributed by atoms with van der Waals surface area (Å²) >= 11 is 3.49. The third kappa shape index (κ3) is 5.16. The van der Waals surface area contributed by atoms with E-state index in [1.165, 1.54) is 0 Å². The van der Waals surface area contributed by atoms with Gasteiger partial charge in [-0.3, -0.25) is 9.59 Å². The van der Waals surface area contributed by atoms with Crippen molar-refractivity contribution in [3.05, 3.63) is 45.8 Å². The van der Waals surface area contributed by atoms with Crippen molar-refractivity contribution in [3.8, 4) is 11.5 Å². The van der Waals surface area contributed by atoms with Crippen LogP contribution in [0.5, 0.6) is 11.5 Å². The van der Waals surface area contributed by atoms with Crippen molar-refractivity contribution in [1.82, 2.24) is 10.2 Å². The van der Waals surface area contributed by atoms with Crippen LogP contribution in [-0.2, 0) is 0 Å². The van der Waals surface area contributed by atoms with Gasteiger partial charge in [0.05, 0.1) is 18.2 Å². The number of carbonyl (C=O) groups is 2. The number of furan rings is 1. The Bertz CT molecular complexity index is 903. The molecule has 0 unspecified atom stereocenters. The molecule has 0 radical (unpaired) electrons. The Morgan fingerprint density at radius 3 is 2.60 bits per heavy atom. The SMILES string of the molecule is CCCOc1c(Br)cc(C(=O)N2CCC(NC(=O)c3ccc(C)o3)CC2)cc1OC. The van der Waals surface area contributed by atoms with E-state index in [2.05, 4.69) is 21.2 Å². The Balaban J connectivity index is 1.61. The molecule has 1 aromatic carbocycles. The van der Waals surface area contributed by atoms with Crippen molar-refractivity contribution in [1.29, 1.82) is 0 Å². The van der Waals surface area contributed by atoms with E-state index in [9.17, 15) is 9.59 Å². The molecule has 1 N–H and O–H groups in total. The van der Waals surface area contributed by atoms with Crippen LogP contribution < -0.4 is 14.8 Å². The zero-order valence-electron chi connectivity index (χ0n) is 17.5. The number of amides is 2. The summed E-state index contributed by atoms with van der Waals surface area (Å²) in [6, 6.07) is 6.93. The first kappa shape index (κ1) is 22.2. The zero-order chi connectivity index (χ0) is 21.7. The molecule has 30 heavy (non-hydrogen) atoms. The van der Waals surface area contributed by atoms with E-state index < -0.39 is 0 Å². The lowest BCUT2D eigenvalue weighted by molar-refractivity contribution is 0.0695. The van der Waals surface area contributed by atoms with Gasteiger partial charge in [-0.2, -0.15) is 0 Å². The average molecular weight is 479 g/mol. The van der Waals surface area contributed by atoms with Gasteiger partial charge in [-0.25, -0.2) is 0 Å². The Kier molecular flexibility index (Phi) is 7.42. The summed E-state index contributed by atoms with van der Waals surface area (Å²) in [6.45, 7) is 5.53. The predicted molar refractivity (Wildman–Crippen MR) is 116 cm³/mol. The largest absolute Gasteiger partial charge is 0.493 e. The van der Waals surface area contributed by atoms with Gasteiger partial charge < -0.3 is 24.1 Å². The molecule has 162 valence electrons. The minimum absolute atomic E-state index is 0.0121. The number of hydrogen-bond acceptors (Lipinski definition) is 5. The quantitative estimate of drug-likeness (QED) is 0.645. The minimum atomic E-state index is -0.218. The number of methoxy groups -OCH3 is 1. The van der Waals surface area contributed by atoms with Gasteiger partial charge in [0.1, 0.15) is 5.76 Å². The van der Waals surface area contributed by atoms with E-state index in [1.54, 1.807) is 43.2 Å². The highest BCUT2D eigenvalue weighted by molar-refractivity contribution is 9.10. The molecular formula is C22H27BrN2O5. The van der Waals surface area contributed by atoms with Crippen LogP contribution in [0.2, 0.25) is 0 Å². The van der Waals surface area contributed by atoms with E-state index in [4.69, 9.17) is 13.9 Å². The van der Waals surface area contributed by atoms with Crippen LogP contribution in [0.1, 0.15) is 52.9 Å². The molecule has 0 bridgehead atoms. The molecule has 0 aliphatic carbocycles. The highest BCUT2D eigenvalue weighted by Gasteiger charge is 2.26. The number of hydrogen-bond donors (Lipinski definition) is 1. The Morgan fingerprint density at radius 1 is 1.27 bits per heavy atom. The second-order valence-corrected chi connectivity index (χ2v) is 8.14. The van der Waals surface area contributed by atoms with Crippen LogP contribution in [0, 0.1) is 6.92 Å². The zero-order valence-corrected chi connectivity index (χ0v) is 19.1. The maximum Gasteiger partial charge on any atom is 0.287 e. The van der Waals surface area contributed by atoms with Crippen molar-refractivity contribution in [2.45, 2.75) is 39.2 Å². The molecule has 1 fully saturated rings. The monoisotopic (exact) mass is 478 g/mol. The van der Waals surface area contributed by atoms with Crippen LogP contribution in [0.15, 0.2) is 33.2 Å². The van der Waals surface area contributed by atoms with E-state index >= 15 is 0 Å². The fraction of sp³-hybridized carbons (Fsp3) is 0.455. The number of carbonyl (C=O) groups excluding carboxylic acids is 2. The lowest BCUT2D eigenvalue weighted by atomic mass is 10.0. The summed E-state index contributed by atoms with van der Waals surface area (Å²) in [6.07, 6.45) is 2.25. The Hall–Kier alpha value is -2.48. The van der Waals surface area contributed by atoms with Crippen molar-refractivity contribution in [2.75, 3.05) is 26.8 Å². The summed E-state index contributed by atoms with van der Waals surface area (Å²) in [4.78, 5) is 27.1. The fourth-order valence-electron chi connectivity index (χ4n) is 3.41. The second-order valence-electron chi connectivity index (χ2n) is 7.29. The molecular weight excluding hydrogens is 452 g/mol. The van der Waals surface area contributed by atoms with Crippen molar-refractivity contribution in [3.63, 3.8) is 0 Å². The number of benzene rings is 1. The Morgan fingerprint density at radius 2 is 2.00 bits per heavy atom. The number of piperidine rings is 1. The molecule has 8 heteroatoms.